The summed E-state index contributed by atoms with van der Waals surface area (Å²) >= 11 is 6.03. The zero-order valence-corrected chi connectivity index (χ0v) is 17.6. The summed E-state index contributed by atoms with van der Waals surface area (Å²) in [6.45, 7) is 10.2. The van der Waals surface area contributed by atoms with Crippen LogP contribution in [-0.2, 0) is 0 Å². The molecule has 1 N–H and O–H groups in total. The predicted octanol–water partition coefficient (Wildman–Crippen LogP) is 4.92. The van der Waals surface area contributed by atoms with Crippen LogP contribution in [0.15, 0.2) is 40.9 Å². The maximum atomic E-state index is 6.03. The van der Waals surface area contributed by atoms with Crippen molar-refractivity contribution in [1.29, 1.82) is 0 Å². The number of aliphatic imine (C=N–C) groups is 1. The second kappa shape index (κ2) is 10.4. The summed E-state index contributed by atoms with van der Waals surface area (Å²) in [4.78, 5) is 7.03. The van der Waals surface area contributed by atoms with Gasteiger partial charge in [-0.05, 0) is 68.4 Å². The van der Waals surface area contributed by atoms with Crippen LogP contribution in [0.25, 0.3) is 0 Å². The Labute approximate surface area is 169 Å². The molecule has 1 atom stereocenters. The number of hydrogen-bond acceptors (Lipinski definition) is 3. The van der Waals surface area contributed by atoms with Crippen LogP contribution >= 0.6 is 11.6 Å². The van der Waals surface area contributed by atoms with Gasteiger partial charge >= 0.3 is 0 Å². The number of dihydropyridines is 1. The lowest BCUT2D eigenvalue weighted by Gasteiger charge is -2.36. The van der Waals surface area contributed by atoms with Crippen molar-refractivity contribution in [2.45, 2.75) is 51.5 Å². The maximum Gasteiger partial charge on any atom is 0.0596 e. The monoisotopic (exact) mass is 387 g/mol. The van der Waals surface area contributed by atoms with E-state index in [1.807, 2.05) is 18.3 Å². The van der Waals surface area contributed by atoms with Crippen molar-refractivity contribution in [2.75, 3.05) is 32.7 Å². The highest BCUT2D eigenvalue weighted by Crippen LogP contribution is 2.29. The Bertz CT molecular complexity index is 628. The quantitative estimate of drug-likeness (QED) is 0.641. The zero-order valence-electron chi connectivity index (χ0n) is 16.8. The smallest absolute Gasteiger partial charge is 0.0596 e. The summed E-state index contributed by atoms with van der Waals surface area (Å²) in [6.07, 6.45) is 8.97. The average Bonchev–Trinajstić information content (AvgIpc) is 2.69. The van der Waals surface area contributed by atoms with E-state index in [0.717, 1.165) is 37.5 Å². The highest BCUT2D eigenvalue weighted by atomic mass is 35.5. The third-order valence-electron chi connectivity index (χ3n) is 5.98. The van der Waals surface area contributed by atoms with Gasteiger partial charge in [0.15, 0.2) is 0 Å². The van der Waals surface area contributed by atoms with Crippen LogP contribution in [0, 0.1) is 5.92 Å². The summed E-state index contributed by atoms with van der Waals surface area (Å²) in [5.74, 6) is 1.33. The van der Waals surface area contributed by atoms with Crippen LogP contribution in [-0.4, -0.2) is 49.9 Å². The first kappa shape index (κ1) is 20.6. The van der Waals surface area contributed by atoms with Crippen molar-refractivity contribution in [3.8, 4) is 0 Å². The van der Waals surface area contributed by atoms with Gasteiger partial charge in [-0.1, -0.05) is 49.2 Å². The molecule has 0 radical (unpaired) electrons. The van der Waals surface area contributed by atoms with Crippen molar-refractivity contribution in [3.05, 3.63) is 46.5 Å². The van der Waals surface area contributed by atoms with Gasteiger partial charge in [0.05, 0.1) is 6.54 Å². The number of benzene rings is 1. The molecule has 0 bridgehead atoms. The van der Waals surface area contributed by atoms with Crippen LogP contribution in [0.4, 0.5) is 0 Å². The van der Waals surface area contributed by atoms with E-state index >= 15 is 0 Å². The molecule has 3 rings (SSSR count). The molecule has 0 amide bonds. The Morgan fingerprint density at radius 3 is 2.56 bits per heavy atom. The number of hydrogen-bond donors (Lipinski definition) is 1. The normalized spacial score (nSPS) is 20.1. The summed E-state index contributed by atoms with van der Waals surface area (Å²) in [5, 5.41) is 4.65. The molecule has 1 aromatic carbocycles. The van der Waals surface area contributed by atoms with Gasteiger partial charge in [0.2, 0.25) is 0 Å². The lowest BCUT2D eigenvalue weighted by molar-refractivity contribution is 0.176. The molecule has 2 aliphatic heterocycles. The van der Waals surface area contributed by atoms with Gasteiger partial charge in [-0.3, -0.25) is 4.99 Å². The fourth-order valence-electron chi connectivity index (χ4n) is 4.11. The summed E-state index contributed by atoms with van der Waals surface area (Å²) in [6, 6.07) is 9.00. The molecule has 1 saturated heterocycles. The molecule has 2 aliphatic rings. The lowest BCUT2D eigenvalue weighted by Crippen LogP contribution is -2.46. The molecule has 0 unspecified atom stereocenters. The molecular weight excluding hydrogens is 354 g/mol. The predicted molar refractivity (Wildman–Crippen MR) is 117 cm³/mol. The highest BCUT2D eigenvalue weighted by Gasteiger charge is 2.23. The van der Waals surface area contributed by atoms with E-state index in [2.05, 4.69) is 47.3 Å². The second-order valence-corrected chi connectivity index (χ2v) is 8.74. The SMILES string of the molecule is CC(C)[C@H](CN1CCC(c2ccc(Cl)cc2)CC1)NCCC1=CCC=NC1. The van der Waals surface area contributed by atoms with Crippen LogP contribution < -0.4 is 5.32 Å². The van der Waals surface area contributed by atoms with Gasteiger partial charge < -0.3 is 10.2 Å². The lowest BCUT2D eigenvalue weighted by atomic mass is 9.89. The molecule has 1 fully saturated rings. The topological polar surface area (TPSA) is 27.6 Å². The third kappa shape index (κ3) is 6.44. The van der Waals surface area contributed by atoms with Crippen LogP contribution in [0.5, 0.6) is 0 Å². The molecule has 2 heterocycles. The summed E-state index contributed by atoms with van der Waals surface area (Å²) < 4.78 is 0. The minimum atomic E-state index is 0.560. The average molecular weight is 388 g/mol. The fourth-order valence-corrected chi connectivity index (χ4v) is 4.24. The molecule has 1 aromatic rings. The Morgan fingerprint density at radius 1 is 1.19 bits per heavy atom. The molecule has 0 saturated carbocycles. The van der Waals surface area contributed by atoms with E-state index in [9.17, 15) is 0 Å². The van der Waals surface area contributed by atoms with Crippen molar-refractivity contribution in [3.63, 3.8) is 0 Å². The molecule has 0 aromatic heterocycles. The summed E-state index contributed by atoms with van der Waals surface area (Å²) in [5.41, 5.74) is 2.93. The minimum absolute atomic E-state index is 0.560. The number of piperidine rings is 1. The number of halogens is 1. The number of likely N-dealkylation sites (tertiary alicyclic amines) is 1. The van der Waals surface area contributed by atoms with Gasteiger partial charge in [-0.15, -0.1) is 0 Å². The molecule has 3 nitrogen and oxygen atoms in total. The van der Waals surface area contributed by atoms with Crippen LogP contribution in [0.1, 0.15) is 51.0 Å². The van der Waals surface area contributed by atoms with Crippen molar-refractivity contribution >= 4 is 17.8 Å². The van der Waals surface area contributed by atoms with Gasteiger partial charge in [0, 0.05) is 30.2 Å². The molecule has 0 spiro atoms. The number of rotatable bonds is 8. The molecule has 4 heteroatoms. The number of nitrogens with one attached hydrogen (secondary N) is 1. The first-order valence-electron chi connectivity index (χ1n) is 10.5. The molecular formula is C23H34ClN3. The Balaban J connectivity index is 1.42. The minimum Gasteiger partial charge on any atom is -0.312 e. The maximum absolute atomic E-state index is 6.03. The largest absolute Gasteiger partial charge is 0.312 e. The number of allylic oxidation sites excluding steroid dienone is 1. The van der Waals surface area contributed by atoms with Crippen molar-refractivity contribution < 1.29 is 0 Å². The highest BCUT2D eigenvalue weighted by molar-refractivity contribution is 6.30. The standard InChI is InChI=1S/C23H34ClN3/c1-18(2)23(26-13-9-19-4-3-12-25-16-19)17-27-14-10-21(11-15-27)20-5-7-22(24)8-6-20/h4-8,12,18,21,23,26H,3,9-11,13-17H2,1-2H3/t23-/m0/s1. The molecule has 0 aliphatic carbocycles. The van der Waals surface area contributed by atoms with Gasteiger partial charge in [-0.2, -0.15) is 0 Å². The van der Waals surface area contributed by atoms with Crippen molar-refractivity contribution in [1.82, 2.24) is 10.2 Å². The first-order valence-corrected chi connectivity index (χ1v) is 10.9. The van der Waals surface area contributed by atoms with Crippen LogP contribution in [0.2, 0.25) is 5.02 Å². The molecule has 27 heavy (non-hydrogen) atoms. The third-order valence-corrected chi connectivity index (χ3v) is 6.23. The number of nitrogens with zero attached hydrogens (tertiary/aromatic N) is 2. The van der Waals surface area contributed by atoms with E-state index in [0.29, 0.717) is 17.9 Å². The Hall–Kier alpha value is -1.16. The Kier molecular flexibility index (Phi) is 7.93. The van der Waals surface area contributed by atoms with Gasteiger partial charge in [0.25, 0.3) is 0 Å². The van der Waals surface area contributed by atoms with E-state index in [-0.39, 0.29) is 0 Å². The van der Waals surface area contributed by atoms with Gasteiger partial charge in [0.1, 0.15) is 0 Å². The van der Waals surface area contributed by atoms with E-state index < -0.39 is 0 Å². The van der Waals surface area contributed by atoms with Gasteiger partial charge in [-0.25, -0.2) is 0 Å². The van der Waals surface area contributed by atoms with E-state index in [1.54, 1.807) is 0 Å². The second-order valence-electron chi connectivity index (χ2n) is 8.30. The first-order chi connectivity index (χ1) is 13.1. The van der Waals surface area contributed by atoms with Crippen molar-refractivity contribution in [2.24, 2.45) is 10.9 Å². The molecule has 148 valence electrons. The van der Waals surface area contributed by atoms with E-state index in [4.69, 9.17) is 11.6 Å². The summed E-state index contributed by atoms with van der Waals surface area (Å²) in [7, 11) is 0. The Morgan fingerprint density at radius 2 is 1.93 bits per heavy atom. The van der Waals surface area contributed by atoms with Crippen LogP contribution in [0.3, 0.4) is 0 Å². The zero-order chi connectivity index (χ0) is 19.1. The van der Waals surface area contributed by atoms with E-state index in [1.165, 1.54) is 37.1 Å². The fraction of sp³-hybridized carbons (Fsp3) is 0.609.